The first-order valence-electron chi connectivity index (χ1n) is 4.07. The fraction of sp³-hybridized carbons (Fsp3) is 0.300. The SMILES string of the molecule is N#CC(CCl)Cc1ccc(Cl)cc1F. The molecule has 1 unspecified atom stereocenters. The van der Waals surface area contributed by atoms with Crippen LogP contribution < -0.4 is 0 Å². The summed E-state index contributed by atoms with van der Waals surface area (Å²) in [5, 5.41) is 9.00. The zero-order valence-electron chi connectivity index (χ0n) is 7.30. The Kier molecular flexibility index (Phi) is 4.19. The van der Waals surface area contributed by atoms with Crippen LogP contribution in [0.15, 0.2) is 18.2 Å². The van der Waals surface area contributed by atoms with E-state index in [0.29, 0.717) is 17.0 Å². The highest BCUT2D eigenvalue weighted by Gasteiger charge is 2.10. The van der Waals surface area contributed by atoms with Crippen molar-refractivity contribution in [2.24, 2.45) is 5.92 Å². The minimum atomic E-state index is -0.386. The average Bonchev–Trinajstić information content (AvgIpc) is 2.17. The topological polar surface area (TPSA) is 23.8 Å². The zero-order valence-corrected chi connectivity index (χ0v) is 8.82. The highest BCUT2D eigenvalue weighted by atomic mass is 35.5. The molecule has 1 atom stereocenters. The Morgan fingerprint density at radius 2 is 2.21 bits per heavy atom. The van der Waals surface area contributed by atoms with Crippen molar-refractivity contribution in [3.63, 3.8) is 0 Å². The van der Waals surface area contributed by atoms with E-state index in [1.54, 1.807) is 12.1 Å². The van der Waals surface area contributed by atoms with E-state index >= 15 is 0 Å². The molecule has 0 fully saturated rings. The number of hydrogen-bond acceptors (Lipinski definition) is 1. The van der Waals surface area contributed by atoms with Gasteiger partial charge in [-0.3, -0.25) is 0 Å². The summed E-state index contributed by atoms with van der Waals surface area (Å²) < 4.78 is 13.2. The molecule has 0 aliphatic carbocycles. The van der Waals surface area contributed by atoms with E-state index in [1.807, 2.05) is 6.07 Å². The van der Waals surface area contributed by atoms with E-state index in [-0.39, 0.29) is 17.6 Å². The van der Waals surface area contributed by atoms with E-state index in [1.165, 1.54) is 6.07 Å². The lowest BCUT2D eigenvalue weighted by atomic mass is 10.0. The number of hydrogen-bond donors (Lipinski definition) is 0. The van der Waals surface area contributed by atoms with Crippen molar-refractivity contribution in [2.45, 2.75) is 6.42 Å². The van der Waals surface area contributed by atoms with Gasteiger partial charge < -0.3 is 0 Å². The molecule has 1 aromatic carbocycles. The largest absolute Gasteiger partial charge is 0.207 e. The highest BCUT2D eigenvalue weighted by molar-refractivity contribution is 6.30. The van der Waals surface area contributed by atoms with Crippen LogP contribution in [0.3, 0.4) is 0 Å². The Hall–Kier alpha value is -0.780. The van der Waals surface area contributed by atoms with E-state index in [9.17, 15) is 4.39 Å². The molecule has 0 saturated carbocycles. The Morgan fingerprint density at radius 1 is 1.50 bits per heavy atom. The molecule has 1 nitrogen and oxygen atoms in total. The molecule has 0 radical (unpaired) electrons. The molecule has 1 rings (SSSR count). The van der Waals surface area contributed by atoms with Crippen molar-refractivity contribution in [2.75, 3.05) is 5.88 Å². The lowest BCUT2D eigenvalue weighted by Crippen LogP contribution is -2.04. The number of halogens is 3. The molecule has 0 amide bonds. The van der Waals surface area contributed by atoms with Crippen molar-refractivity contribution in [3.8, 4) is 6.07 Å². The van der Waals surface area contributed by atoms with Crippen LogP contribution in [0.25, 0.3) is 0 Å². The maximum Gasteiger partial charge on any atom is 0.127 e. The van der Waals surface area contributed by atoms with Crippen LogP contribution in [0.1, 0.15) is 5.56 Å². The fourth-order valence-corrected chi connectivity index (χ4v) is 1.42. The first-order valence-corrected chi connectivity index (χ1v) is 4.98. The summed E-state index contributed by atoms with van der Waals surface area (Å²) in [6.07, 6.45) is 0.322. The van der Waals surface area contributed by atoms with Gasteiger partial charge >= 0.3 is 0 Å². The van der Waals surface area contributed by atoms with Gasteiger partial charge in [0.2, 0.25) is 0 Å². The first-order chi connectivity index (χ1) is 6.67. The zero-order chi connectivity index (χ0) is 10.6. The lowest BCUT2D eigenvalue weighted by molar-refractivity contribution is 0.595. The van der Waals surface area contributed by atoms with E-state index in [4.69, 9.17) is 28.5 Å². The molecule has 4 heteroatoms. The monoisotopic (exact) mass is 231 g/mol. The maximum absolute atomic E-state index is 13.2. The summed E-state index contributed by atoms with van der Waals surface area (Å²) in [6, 6.07) is 6.42. The highest BCUT2D eigenvalue weighted by Crippen LogP contribution is 2.18. The second kappa shape index (κ2) is 5.19. The van der Waals surface area contributed by atoms with Gasteiger partial charge in [-0.05, 0) is 24.1 Å². The van der Waals surface area contributed by atoms with Crippen molar-refractivity contribution < 1.29 is 4.39 Å². The molecule has 74 valence electrons. The van der Waals surface area contributed by atoms with E-state index in [0.717, 1.165) is 0 Å². The molecular formula is C10H8Cl2FN. The van der Waals surface area contributed by atoms with Gasteiger partial charge in [-0.1, -0.05) is 17.7 Å². The van der Waals surface area contributed by atoms with Crippen LogP contribution in [-0.4, -0.2) is 5.88 Å². The van der Waals surface area contributed by atoms with Gasteiger partial charge in [0.25, 0.3) is 0 Å². The average molecular weight is 232 g/mol. The molecule has 0 bridgehead atoms. The van der Waals surface area contributed by atoms with Gasteiger partial charge in [0.05, 0.1) is 12.0 Å². The second-order valence-electron chi connectivity index (χ2n) is 2.92. The minimum Gasteiger partial charge on any atom is -0.207 e. The smallest absolute Gasteiger partial charge is 0.127 e. The van der Waals surface area contributed by atoms with Crippen molar-refractivity contribution in [1.82, 2.24) is 0 Å². The van der Waals surface area contributed by atoms with Crippen LogP contribution in [0.4, 0.5) is 4.39 Å². The summed E-state index contributed by atoms with van der Waals surface area (Å²) in [5.41, 5.74) is 0.474. The van der Waals surface area contributed by atoms with Crippen LogP contribution in [0.2, 0.25) is 5.02 Å². The van der Waals surface area contributed by atoms with Gasteiger partial charge in [0.1, 0.15) is 5.82 Å². The summed E-state index contributed by atoms with van der Waals surface area (Å²) in [7, 11) is 0. The van der Waals surface area contributed by atoms with Gasteiger partial charge in [-0.2, -0.15) is 5.26 Å². The van der Waals surface area contributed by atoms with Gasteiger partial charge in [0, 0.05) is 10.9 Å². The Balaban J connectivity index is 2.82. The molecule has 0 N–H and O–H groups in total. The Morgan fingerprint density at radius 3 is 2.71 bits per heavy atom. The van der Waals surface area contributed by atoms with E-state index < -0.39 is 0 Å². The summed E-state index contributed by atoms with van der Waals surface area (Å²) in [5.74, 6) is -0.534. The van der Waals surface area contributed by atoms with Crippen LogP contribution in [0.5, 0.6) is 0 Å². The molecular weight excluding hydrogens is 224 g/mol. The number of alkyl halides is 1. The van der Waals surface area contributed by atoms with E-state index in [2.05, 4.69) is 0 Å². The predicted octanol–water partition coefficient (Wildman–Crippen LogP) is 3.40. The lowest BCUT2D eigenvalue weighted by Gasteiger charge is -2.06. The summed E-state index contributed by atoms with van der Waals surface area (Å²) in [4.78, 5) is 0. The third-order valence-electron chi connectivity index (χ3n) is 1.85. The second-order valence-corrected chi connectivity index (χ2v) is 3.67. The van der Waals surface area contributed by atoms with Crippen molar-refractivity contribution in [1.29, 1.82) is 5.26 Å². The molecule has 0 aromatic heterocycles. The van der Waals surface area contributed by atoms with Crippen LogP contribution >= 0.6 is 23.2 Å². The maximum atomic E-state index is 13.2. The van der Waals surface area contributed by atoms with Gasteiger partial charge in [-0.15, -0.1) is 11.6 Å². The normalized spacial score (nSPS) is 12.1. The van der Waals surface area contributed by atoms with Crippen molar-refractivity contribution >= 4 is 23.2 Å². The number of benzene rings is 1. The standard InChI is InChI=1S/C10H8Cl2FN/c11-5-7(6-14)3-8-1-2-9(12)4-10(8)13/h1-2,4,7H,3,5H2. The fourth-order valence-electron chi connectivity index (χ4n) is 1.09. The number of nitriles is 1. The number of rotatable bonds is 3. The molecule has 0 heterocycles. The third kappa shape index (κ3) is 2.87. The molecule has 14 heavy (non-hydrogen) atoms. The Labute approximate surface area is 92.1 Å². The first kappa shape index (κ1) is 11.3. The summed E-state index contributed by atoms with van der Waals surface area (Å²) >= 11 is 11.1. The molecule has 0 spiro atoms. The molecule has 1 aromatic rings. The molecule has 0 aliphatic rings. The van der Waals surface area contributed by atoms with Crippen LogP contribution in [0, 0.1) is 23.1 Å². The Bertz CT molecular complexity index is 360. The van der Waals surface area contributed by atoms with Crippen molar-refractivity contribution in [3.05, 3.63) is 34.6 Å². The van der Waals surface area contributed by atoms with Gasteiger partial charge in [-0.25, -0.2) is 4.39 Å². The quantitative estimate of drug-likeness (QED) is 0.732. The third-order valence-corrected chi connectivity index (χ3v) is 2.46. The summed E-state index contributed by atoms with van der Waals surface area (Å²) in [6.45, 7) is 0. The van der Waals surface area contributed by atoms with Gasteiger partial charge in [0.15, 0.2) is 0 Å². The minimum absolute atomic E-state index is 0.207. The van der Waals surface area contributed by atoms with Crippen LogP contribution in [-0.2, 0) is 6.42 Å². The number of nitrogens with zero attached hydrogens (tertiary/aromatic N) is 1. The molecule has 0 aliphatic heterocycles. The molecule has 0 saturated heterocycles. The predicted molar refractivity (Wildman–Crippen MR) is 54.9 cm³/mol.